The van der Waals surface area contributed by atoms with Gasteiger partial charge in [-0.05, 0) is 11.6 Å². The van der Waals surface area contributed by atoms with Crippen LogP contribution in [-0.4, -0.2) is 19.8 Å². The number of ether oxygens (including phenoxy) is 2. The molecule has 1 fully saturated rings. The number of fused-ring (bicyclic) bond motifs is 2. The minimum atomic E-state index is -0.933. The molecule has 2 heterocycles. The molecule has 2 aliphatic heterocycles. The lowest BCUT2D eigenvalue weighted by Crippen LogP contribution is -2.41. The van der Waals surface area contributed by atoms with Crippen LogP contribution in [0.5, 0.6) is 0 Å². The van der Waals surface area contributed by atoms with Crippen LogP contribution in [0.3, 0.4) is 0 Å². The Hall–Kier alpha value is -1.98. The normalized spacial score (nSPS) is 19.1. The molecule has 120 valence electrons. The SMILES string of the molecule is Fc1cc2c(cc1F)C1(CCN2Cc2ccccc2)OCCO1. The molecule has 0 unspecified atom stereocenters. The smallest absolute Gasteiger partial charge is 0.198 e. The molecule has 2 aromatic carbocycles. The van der Waals surface area contributed by atoms with Gasteiger partial charge >= 0.3 is 0 Å². The first-order valence-electron chi connectivity index (χ1n) is 7.74. The first-order valence-corrected chi connectivity index (χ1v) is 7.74. The monoisotopic (exact) mass is 317 g/mol. The molecule has 23 heavy (non-hydrogen) atoms. The van der Waals surface area contributed by atoms with Crippen LogP contribution in [0.2, 0.25) is 0 Å². The number of hydrogen-bond donors (Lipinski definition) is 0. The Labute approximate surface area is 133 Å². The Kier molecular flexibility index (Phi) is 3.54. The summed E-state index contributed by atoms with van der Waals surface area (Å²) < 4.78 is 39.1. The van der Waals surface area contributed by atoms with Gasteiger partial charge in [0.2, 0.25) is 0 Å². The van der Waals surface area contributed by atoms with Gasteiger partial charge in [-0.15, -0.1) is 0 Å². The van der Waals surface area contributed by atoms with Crippen LogP contribution in [0.1, 0.15) is 17.5 Å². The molecule has 0 N–H and O–H groups in total. The molecule has 5 heteroatoms. The van der Waals surface area contributed by atoms with Crippen molar-refractivity contribution < 1.29 is 18.3 Å². The maximum Gasteiger partial charge on any atom is 0.198 e. The van der Waals surface area contributed by atoms with Crippen molar-refractivity contribution in [3.63, 3.8) is 0 Å². The fourth-order valence-corrected chi connectivity index (χ4v) is 3.36. The third-order valence-electron chi connectivity index (χ3n) is 4.47. The minimum Gasteiger partial charge on any atom is -0.367 e. The summed E-state index contributed by atoms with van der Waals surface area (Å²) in [6.45, 7) is 2.23. The Morgan fingerprint density at radius 3 is 2.43 bits per heavy atom. The Morgan fingerprint density at radius 2 is 1.70 bits per heavy atom. The molecule has 0 saturated carbocycles. The van der Waals surface area contributed by atoms with Crippen molar-refractivity contribution in [2.45, 2.75) is 18.8 Å². The van der Waals surface area contributed by atoms with Gasteiger partial charge in [-0.1, -0.05) is 30.3 Å². The highest BCUT2D eigenvalue weighted by Gasteiger charge is 2.44. The van der Waals surface area contributed by atoms with E-state index in [0.717, 1.165) is 5.56 Å². The molecule has 2 aliphatic rings. The summed E-state index contributed by atoms with van der Waals surface area (Å²) in [7, 11) is 0. The molecule has 0 aromatic heterocycles. The molecule has 0 atom stereocenters. The van der Waals surface area contributed by atoms with Gasteiger partial charge in [-0.2, -0.15) is 0 Å². The van der Waals surface area contributed by atoms with E-state index in [0.29, 0.717) is 44.0 Å². The van der Waals surface area contributed by atoms with Gasteiger partial charge in [-0.25, -0.2) is 8.78 Å². The number of anilines is 1. The molecular formula is C18H17F2NO2. The van der Waals surface area contributed by atoms with Crippen LogP contribution in [0.15, 0.2) is 42.5 Å². The Bertz CT molecular complexity index is 714. The minimum absolute atomic E-state index is 0.469. The zero-order valence-electron chi connectivity index (χ0n) is 12.6. The summed E-state index contributed by atoms with van der Waals surface area (Å²) in [5, 5.41) is 0. The fraction of sp³-hybridized carbons (Fsp3) is 0.333. The number of hydrogen-bond acceptors (Lipinski definition) is 3. The van der Waals surface area contributed by atoms with Crippen molar-refractivity contribution in [1.82, 2.24) is 0 Å². The molecule has 3 nitrogen and oxygen atoms in total. The van der Waals surface area contributed by atoms with Crippen LogP contribution in [0, 0.1) is 11.6 Å². The summed E-state index contributed by atoms with van der Waals surface area (Å²) in [6.07, 6.45) is 0.595. The molecule has 1 spiro atoms. The summed E-state index contributed by atoms with van der Waals surface area (Å²) in [5.41, 5.74) is 2.34. The molecule has 0 radical (unpaired) electrons. The lowest BCUT2D eigenvalue weighted by molar-refractivity contribution is -0.171. The van der Waals surface area contributed by atoms with E-state index >= 15 is 0 Å². The van der Waals surface area contributed by atoms with Crippen LogP contribution in [0.25, 0.3) is 0 Å². The van der Waals surface area contributed by atoms with E-state index in [1.165, 1.54) is 12.1 Å². The topological polar surface area (TPSA) is 21.7 Å². The molecule has 0 aliphatic carbocycles. The first-order chi connectivity index (χ1) is 11.2. The highest BCUT2D eigenvalue weighted by Crippen LogP contribution is 2.45. The summed E-state index contributed by atoms with van der Waals surface area (Å²) in [4.78, 5) is 2.05. The van der Waals surface area contributed by atoms with E-state index in [2.05, 4.69) is 0 Å². The van der Waals surface area contributed by atoms with Gasteiger partial charge in [0.05, 0.1) is 13.2 Å². The lowest BCUT2D eigenvalue weighted by atomic mass is 9.94. The predicted octanol–water partition coefficient (Wildman–Crippen LogP) is 3.57. The van der Waals surface area contributed by atoms with Crippen molar-refractivity contribution in [3.8, 4) is 0 Å². The molecule has 0 amide bonds. The summed E-state index contributed by atoms with van der Waals surface area (Å²) in [6, 6.07) is 12.4. The largest absolute Gasteiger partial charge is 0.367 e. The third kappa shape index (κ3) is 2.50. The van der Waals surface area contributed by atoms with E-state index < -0.39 is 17.4 Å². The maximum absolute atomic E-state index is 13.8. The van der Waals surface area contributed by atoms with Gasteiger partial charge in [0.25, 0.3) is 0 Å². The zero-order valence-corrected chi connectivity index (χ0v) is 12.6. The standard InChI is InChI=1S/C18H17F2NO2/c19-15-10-14-17(11-16(15)20)21(12-13-4-2-1-3-5-13)7-6-18(14)22-8-9-23-18/h1-5,10-11H,6-9,12H2. The molecule has 1 saturated heterocycles. The number of rotatable bonds is 2. The van der Waals surface area contributed by atoms with Gasteiger partial charge in [0, 0.05) is 36.8 Å². The first kappa shape index (κ1) is 14.6. The number of benzene rings is 2. The molecule has 2 aromatic rings. The Balaban J connectivity index is 1.75. The highest BCUT2D eigenvalue weighted by atomic mass is 19.2. The van der Waals surface area contributed by atoms with Crippen molar-refractivity contribution in [1.29, 1.82) is 0 Å². The zero-order chi connectivity index (χ0) is 15.9. The van der Waals surface area contributed by atoms with Crippen molar-refractivity contribution >= 4 is 5.69 Å². The van der Waals surface area contributed by atoms with Gasteiger partial charge in [-0.3, -0.25) is 0 Å². The molecule has 0 bridgehead atoms. The van der Waals surface area contributed by atoms with E-state index in [9.17, 15) is 8.78 Å². The van der Waals surface area contributed by atoms with Gasteiger partial charge < -0.3 is 14.4 Å². The van der Waals surface area contributed by atoms with E-state index in [4.69, 9.17) is 9.47 Å². The average Bonchev–Trinajstić information content (AvgIpc) is 3.03. The predicted molar refractivity (Wildman–Crippen MR) is 82.0 cm³/mol. The number of halogens is 2. The Morgan fingerprint density at radius 1 is 1.00 bits per heavy atom. The van der Waals surface area contributed by atoms with E-state index in [1.54, 1.807) is 0 Å². The second-order valence-electron chi connectivity index (χ2n) is 5.89. The third-order valence-corrected chi connectivity index (χ3v) is 4.47. The van der Waals surface area contributed by atoms with Crippen molar-refractivity contribution in [2.75, 3.05) is 24.7 Å². The van der Waals surface area contributed by atoms with E-state index in [-0.39, 0.29) is 0 Å². The number of nitrogens with zero attached hydrogens (tertiary/aromatic N) is 1. The average molecular weight is 317 g/mol. The second-order valence-corrected chi connectivity index (χ2v) is 5.89. The highest BCUT2D eigenvalue weighted by molar-refractivity contribution is 5.58. The quantitative estimate of drug-likeness (QED) is 0.845. The lowest BCUT2D eigenvalue weighted by Gasteiger charge is -2.40. The van der Waals surface area contributed by atoms with Gasteiger partial charge in [0.1, 0.15) is 0 Å². The fourth-order valence-electron chi connectivity index (χ4n) is 3.36. The van der Waals surface area contributed by atoms with Gasteiger partial charge in [0.15, 0.2) is 17.4 Å². The molecular weight excluding hydrogens is 300 g/mol. The molecule has 4 rings (SSSR count). The van der Waals surface area contributed by atoms with Crippen LogP contribution in [-0.2, 0) is 21.8 Å². The van der Waals surface area contributed by atoms with Crippen LogP contribution >= 0.6 is 0 Å². The van der Waals surface area contributed by atoms with E-state index in [1.807, 2.05) is 35.2 Å². The van der Waals surface area contributed by atoms with Crippen molar-refractivity contribution in [2.24, 2.45) is 0 Å². The van der Waals surface area contributed by atoms with Crippen LogP contribution in [0.4, 0.5) is 14.5 Å². The summed E-state index contributed by atoms with van der Waals surface area (Å²) >= 11 is 0. The van der Waals surface area contributed by atoms with Crippen molar-refractivity contribution in [3.05, 3.63) is 65.2 Å². The summed E-state index contributed by atoms with van der Waals surface area (Å²) in [5.74, 6) is -2.66. The second kappa shape index (κ2) is 5.58. The maximum atomic E-state index is 13.8. The van der Waals surface area contributed by atoms with Crippen LogP contribution < -0.4 is 4.90 Å².